The maximum Gasteiger partial charge on any atom is 0.251 e. The van der Waals surface area contributed by atoms with Crippen LogP contribution in [0.2, 0.25) is 0 Å². The van der Waals surface area contributed by atoms with Gasteiger partial charge in [-0.1, -0.05) is 6.92 Å². The highest BCUT2D eigenvalue weighted by Gasteiger charge is 2.20. The summed E-state index contributed by atoms with van der Waals surface area (Å²) < 4.78 is 0.802. The normalized spacial score (nSPS) is 16.8. The lowest BCUT2D eigenvalue weighted by molar-refractivity contribution is -0.645. The maximum atomic E-state index is 12.0. The van der Waals surface area contributed by atoms with Crippen molar-refractivity contribution in [1.29, 1.82) is 0 Å². The van der Waals surface area contributed by atoms with Crippen LogP contribution in [0.4, 0.5) is 0 Å². The van der Waals surface area contributed by atoms with E-state index in [-0.39, 0.29) is 5.91 Å². The van der Waals surface area contributed by atoms with Crippen molar-refractivity contribution in [2.45, 2.75) is 24.8 Å². The van der Waals surface area contributed by atoms with Crippen LogP contribution in [0.5, 0.6) is 0 Å². The van der Waals surface area contributed by atoms with Crippen molar-refractivity contribution >= 4 is 17.7 Å². The van der Waals surface area contributed by atoms with Gasteiger partial charge in [0.15, 0.2) is 6.20 Å². The van der Waals surface area contributed by atoms with Crippen molar-refractivity contribution in [3.63, 3.8) is 0 Å². The number of hydrogen-bond acceptors (Lipinski definition) is 3. The number of thioether (sulfide) groups is 1. The van der Waals surface area contributed by atoms with E-state index >= 15 is 0 Å². The molecule has 2 rings (SSSR count). The third kappa shape index (κ3) is 3.38. The number of aromatic nitrogens is 1. The molecule has 0 spiro atoms. The van der Waals surface area contributed by atoms with Gasteiger partial charge in [0.2, 0.25) is 5.91 Å². The number of pyridine rings is 1. The minimum atomic E-state index is 0.135. The lowest BCUT2D eigenvalue weighted by Crippen LogP contribution is -2.39. The SMILES string of the molecule is CC1CCN(C(=O)CSc2cccc[n+]2[O-])CC1. The smallest absolute Gasteiger partial charge is 0.251 e. The fourth-order valence-corrected chi connectivity index (χ4v) is 2.83. The highest BCUT2D eigenvalue weighted by Crippen LogP contribution is 2.18. The molecule has 0 unspecified atom stereocenters. The van der Waals surface area contributed by atoms with E-state index in [1.54, 1.807) is 12.1 Å². The molecule has 0 saturated carbocycles. The zero-order chi connectivity index (χ0) is 13.0. The maximum absolute atomic E-state index is 12.0. The monoisotopic (exact) mass is 266 g/mol. The molecule has 1 fully saturated rings. The van der Waals surface area contributed by atoms with E-state index in [1.165, 1.54) is 18.0 Å². The number of carbonyl (C=O) groups excluding carboxylic acids is 1. The first-order chi connectivity index (χ1) is 8.66. The molecule has 5 heteroatoms. The van der Waals surface area contributed by atoms with Gasteiger partial charge < -0.3 is 10.1 Å². The van der Waals surface area contributed by atoms with Gasteiger partial charge in [-0.25, -0.2) is 0 Å². The van der Waals surface area contributed by atoms with Crippen molar-refractivity contribution in [2.75, 3.05) is 18.8 Å². The van der Waals surface area contributed by atoms with Gasteiger partial charge in [-0.15, -0.1) is 0 Å². The second-order valence-corrected chi connectivity index (χ2v) is 5.71. The molecule has 1 aliphatic rings. The highest BCUT2D eigenvalue weighted by molar-refractivity contribution is 7.99. The zero-order valence-corrected chi connectivity index (χ0v) is 11.4. The van der Waals surface area contributed by atoms with Gasteiger partial charge in [0, 0.05) is 25.2 Å². The van der Waals surface area contributed by atoms with Crippen LogP contribution in [0.1, 0.15) is 19.8 Å². The average Bonchev–Trinajstić information content (AvgIpc) is 2.38. The molecule has 0 atom stereocenters. The Morgan fingerprint density at radius 2 is 2.22 bits per heavy atom. The predicted octanol–water partition coefficient (Wildman–Crippen LogP) is 1.67. The summed E-state index contributed by atoms with van der Waals surface area (Å²) in [5.41, 5.74) is 0. The molecule has 0 aliphatic carbocycles. The van der Waals surface area contributed by atoms with E-state index in [9.17, 15) is 10.0 Å². The van der Waals surface area contributed by atoms with Crippen LogP contribution < -0.4 is 4.73 Å². The predicted molar refractivity (Wildman–Crippen MR) is 71.1 cm³/mol. The summed E-state index contributed by atoms with van der Waals surface area (Å²) >= 11 is 1.31. The van der Waals surface area contributed by atoms with Crippen LogP contribution in [-0.4, -0.2) is 29.6 Å². The Hall–Kier alpha value is -1.23. The Kier molecular flexibility index (Phi) is 4.47. The van der Waals surface area contributed by atoms with Crippen LogP contribution in [0, 0.1) is 11.1 Å². The number of hydrogen-bond donors (Lipinski definition) is 0. The average molecular weight is 266 g/mol. The lowest BCUT2D eigenvalue weighted by atomic mass is 9.99. The van der Waals surface area contributed by atoms with Gasteiger partial charge in [0.1, 0.15) is 0 Å². The van der Waals surface area contributed by atoms with Gasteiger partial charge in [0.25, 0.3) is 5.03 Å². The fraction of sp³-hybridized carbons (Fsp3) is 0.538. The molecule has 1 aliphatic heterocycles. The Bertz CT molecular complexity index is 417. The topological polar surface area (TPSA) is 47.2 Å². The molecular weight excluding hydrogens is 248 g/mol. The van der Waals surface area contributed by atoms with Crippen molar-refractivity contribution in [3.8, 4) is 0 Å². The quantitative estimate of drug-likeness (QED) is 0.475. The molecule has 1 aromatic rings. The second kappa shape index (κ2) is 6.09. The second-order valence-electron chi connectivity index (χ2n) is 4.72. The number of amides is 1. The first-order valence-corrected chi connectivity index (χ1v) is 7.24. The minimum absolute atomic E-state index is 0.135. The van der Waals surface area contributed by atoms with E-state index < -0.39 is 0 Å². The molecule has 0 radical (unpaired) electrons. The van der Waals surface area contributed by atoms with Crippen molar-refractivity contribution in [1.82, 2.24) is 4.90 Å². The molecule has 1 aromatic heterocycles. The Morgan fingerprint density at radius 1 is 1.50 bits per heavy atom. The minimum Gasteiger partial charge on any atom is -0.618 e. The highest BCUT2D eigenvalue weighted by atomic mass is 32.2. The van der Waals surface area contributed by atoms with E-state index in [1.807, 2.05) is 11.0 Å². The molecule has 0 N–H and O–H groups in total. The first-order valence-electron chi connectivity index (χ1n) is 6.25. The van der Waals surface area contributed by atoms with Gasteiger partial charge in [-0.05, 0) is 36.6 Å². The van der Waals surface area contributed by atoms with E-state index in [2.05, 4.69) is 6.92 Å². The summed E-state index contributed by atoms with van der Waals surface area (Å²) in [5, 5.41) is 12.0. The number of carbonyl (C=O) groups is 1. The Balaban J connectivity index is 1.83. The van der Waals surface area contributed by atoms with Crippen LogP contribution in [0.15, 0.2) is 29.4 Å². The van der Waals surface area contributed by atoms with Gasteiger partial charge in [0.05, 0.1) is 5.75 Å². The van der Waals surface area contributed by atoms with Crippen molar-refractivity contribution < 1.29 is 9.52 Å². The summed E-state index contributed by atoms with van der Waals surface area (Å²) in [6, 6.07) is 5.23. The van der Waals surface area contributed by atoms with Crippen molar-refractivity contribution in [2.24, 2.45) is 5.92 Å². The summed E-state index contributed by atoms with van der Waals surface area (Å²) in [5.74, 6) is 1.20. The van der Waals surface area contributed by atoms with Crippen LogP contribution in [0.3, 0.4) is 0 Å². The molecule has 98 valence electrons. The summed E-state index contributed by atoms with van der Waals surface area (Å²) in [4.78, 5) is 13.9. The molecule has 1 saturated heterocycles. The molecule has 0 bridgehead atoms. The standard InChI is InChI=1S/C13H18N2O2S/c1-11-5-8-14(9-6-11)12(16)10-18-13-4-2-3-7-15(13)17/h2-4,7,11H,5-6,8-10H2,1H3. The molecule has 0 aromatic carbocycles. The summed E-state index contributed by atoms with van der Waals surface area (Å²) in [6.07, 6.45) is 3.63. The summed E-state index contributed by atoms with van der Waals surface area (Å²) in [6.45, 7) is 3.93. The number of nitrogens with zero attached hydrogens (tertiary/aromatic N) is 2. The molecular formula is C13H18N2O2S. The fourth-order valence-electron chi connectivity index (χ4n) is 2.01. The molecule has 2 heterocycles. The zero-order valence-electron chi connectivity index (χ0n) is 10.5. The van der Waals surface area contributed by atoms with E-state index in [0.29, 0.717) is 10.8 Å². The number of piperidine rings is 1. The van der Waals surface area contributed by atoms with Gasteiger partial charge >= 0.3 is 0 Å². The van der Waals surface area contributed by atoms with Crippen molar-refractivity contribution in [3.05, 3.63) is 29.6 Å². The van der Waals surface area contributed by atoms with Crippen LogP contribution in [-0.2, 0) is 4.79 Å². The summed E-state index contributed by atoms with van der Waals surface area (Å²) in [7, 11) is 0. The first kappa shape index (κ1) is 13.2. The number of likely N-dealkylation sites (tertiary alicyclic amines) is 1. The Labute approximate surface area is 112 Å². The third-order valence-electron chi connectivity index (χ3n) is 3.27. The lowest BCUT2D eigenvalue weighted by Gasteiger charge is -2.30. The van der Waals surface area contributed by atoms with E-state index in [0.717, 1.165) is 36.6 Å². The largest absolute Gasteiger partial charge is 0.618 e. The van der Waals surface area contributed by atoms with E-state index in [4.69, 9.17) is 0 Å². The Morgan fingerprint density at radius 3 is 2.89 bits per heavy atom. The van der Waals surface area contributed by atoms with Crippen LogP contribution >= 0.6 is 11.8 Å². The van der Waals surface area contributed by atoms with Gasteiger partial charge in [-0.2, -0.15) is 4.73 Å². The molecule has 1 amide bonds. The van der Waals surface area contributed by atoms with Gasteiger partial charge in [-0.3, -0.25) is 4.79 Å². The molecule has 4 nitrogen and oxygen atoms in total. The van der Waals surface area contributed by atoms with Crippen LogP contribution in [0.25, 0.3) is 0 Å². The third-order valence-corrected chi connectivity index (χ3v) is 4.27. The molecule has 18 heavy (non-hydrogen) atoms. The number of rotatable bonds is 3.